The molecule has 1 fully saturated rings. The number of carbonyl (C=O) groups excluding carboxylic acids is 1. The molecule has 2 aliphatic heterocycles. The van der Waals surface area contributed by atoms with E-state index in [4.69, 9.17) is 11.6 Å². The van der Waals surface area contributed by atoms with E-state index in [-0.39, 0.29) is 18.5 Å². The molecular formula is C21H22ClN3O. The van der Waals surface area contributed by atoms with E-state index in [1.165, 1.54) is 0 Å². The number of hydrogen-bond acceptors (Lipinski definition) is 3. The van der Waals surface area contributed by atoms with Crippen molar-refractivity contribution in [1.29, 1.82) is 0 Å². The molecule has 26 heavy (non-hydrogen) atoms. The fourth-order valence-electron chi connectivity index (χ4n) is 3.85. The van der Waals surface area contributed by atoms with Gasteiger partial charge in [-0.25, -0.2) is 0 Å². The minimum absolute atomic E-state index is 0.0639. The van der Waals surface area contributed by atoms with Crippen LogP contribution in [0.2, 0.25) is 5.02 Å². The Kier molecular flexibility index (Phi) is 4.79. The Hall–Kier alpha value is -2.17. The molecule has 2 aliphatic rings. The average Bonchev–Trinajstić information content (AvgIpc) is 2.79. The number of anilines is 1. The molecule has 0 unspecified atom stereocenters. The number of piperidine rings is 1. The first-order chi connectivity index (χ1) is 12.6. The van der Waals surface area contributed by atoms with Gasteiger partial charge in [-0.15, -0.1) is 0 Å². The summed E-state index contributed by atoms with van der Waals surface area (Å²) in [4.78, 5) is 21.9. The summed E-state index contributed by atoms with van der Waals surface area (Å²) in [6.45, 7) is 2.18. The van der Waals surface area contributed by atoms with Gasteiger partial charge in [0.05, 0.1) is 11.4 Å². The van der Waals surface area contributed by atoms with E-state index in [1.807, 2.05) is 53.4 Å². The molecule has 0 spiro atoms. The molecule has 2 aromatic carbocycles. The summed E-state index contributed by atoms with van der Waals surface area (Å²) >= 11 is 6.31. The Morgan fingerprint density at radius 2 is 1.81 bits per heavy atom. The van der Waals surface area contributed by atoms with Gasteiger partial charge in [-0.1, -0.05) is 41.9 Å². The SMILES string of the molecule is CN1CCC(N2C(=O)CN=C(c3ccccc3)c3cc(Cl)ccc32)CC1. The molecule has 0 saturated carbocycles. The Labute approximate surface area is 159 Å². The van der Waals surface area contributed by atoms with Crippen LogP contribution in [0.1, 0.15) is 24.0 Å². The number of benzene rings is 2. The first-order valence-electron chi connectivity index (χ1n) is 9.04. The van der Waals surface area contributed by atoms with Crippen LogP contribution in [0.3, 0.4) is 0 Å². The van der Waals surface area contributed by atoms with Crippen molar-refractivity contribution < 1.29 is 4.79 Å². The number of likely N-dealkylation sites (tertiary alicyclic amines) is 1. The molecule has 0 N–H and O–H groups in total. The van der Waals surface area contributed by atoms with Gasteiger partial charge in [-0.3, -0.25) is 9.79 Å². The minimum atomic E-state index is 0.0639. The molecule has 1 amide bonds. The zero-order chi connectivity index (χ0) is 18.1. The maximum Gasteiger partial charge on any atom is 0.248 e. The highest BCUT2D eigenvalue weighted by Gasteiger charge is 2.32. The van der Waals surface area contributed by atoms with Crippen LogP contribution in [0.5, 0.6) is 0 Å². The van der Waals surface area contributed by atoms with Crippen LogP contribution in [0, 0.1) is 0 Å². The summed E-state index contributed by atoms with van der Waals surface area (Å²) in [5.41, 5.74) is 3.71. The van der Waals surface area contributed by atoms with Gasteiger partial charge < -0.3 is 9.80 Å². The lowest BCUT2D eigenvalue weighted by atomic mass is 9.97. The van der Waals surface area contributed by atoms with E-state index in [2.05, 4.69) is 16.9 Å². The number of rotatable bonds is 2. The topological polar surface area (TPSA) is 35.9 Å². The number of nitrogens with zero attached hydrogens (tertiary/aromatic N) is 3. The highest BCUT2D eigenvalue weighted by atomic mass is 35.5. The lowest BCUT2D eigenvalue weighted by Gasteiger charge is -2.37. The molecule has 5 heteroatoms. The molecule has 2 heterocycles. The van der Waals surface area contributed by atoms with E-state index in [0.717, 1.165) is 48.5 Å². The third-order valence-corrected chi connectivity index (χ3v) is 5.45. The summed E-state index contributed by atoms with van der Waals surface area (Å²) in [5.74, 6) is 0.0639. The average molecular weight is 368 g/mol. The van der Waals surface area contributed by atoms with Crippen LogP contribution in [0.4, 0.5) is 5.69 Å². The van der Waals surface area contributed by atoms with Gasteiger partial charge in [0, 0.05) is 22.2 Å². The van der Waals surface area contributed by atoms with E-state index >= 15 is 0 Å². The van der Waals surface area contributed by atoms with Crippen LogP contribution in [-0.2, 0) is 4.79 Å². The van der Waals surface area contributed by atoms with E-state index < -0.39 is 0 Å². The van der Waals surface area contributed by atoms with Gasteiger partial charge >= 0.3 is 0 Å². The molecule has 0 aliphatic carbocycles. The van der Waals surface area contributed by atoms with Crippen molar-refractivity contribution >= 4 is 28.9 Å². The normalized spacial score (nSPS) is 19.1. The zero-order valence-electron chi connectivity index (χ0n) is 14.9. The molecular weight excluding hydrogens is 346 g/mol. The maximum atomic E-state index is 13.0. The summed E-state index contributed by atoms with van der Waals surface area (Å²) in [6.07, 6.45) is 1.95. The molecule has 2 aromatic rings. The molecule has 0 aromatic heterocycles. The third-order valence-electron chi connectivity index (χ3n) is 5.21. The number of halogens is 1. The van der Waals surface area contributed by atoms with Gasteiger partial charge in [0.2, 0.25) is 5.91 Å². The Morgan fingerprint density at radius 3 is 2.54 bits per heavy atom. The predicted molar refractivity (Wildman–Crippen MR) is 106 cm³/mol. The van der Waals surface area contributed by atoms with E-state index in [1.54, 1.807) is 0 Å². The van der Waals surface area contributed by atoms with Crippen molar-refractivity contribution in [3.63, 3.8) is 0 Å². The standard InChI is InChI=1S/C21H22ClN3O/c1-24-11-9-17(10-12-24)25-19-8-7-16(22)13-18(19)21(23-14-20(25)26)15-5-3-2-4-6-15/h2-8,13,17H,9-12,14H2,1H3. The van der Waals surface area contributed by atoms with Crippen molar-refractivity contribution in [2.75, 3.05) is 31.6 Å². The lowest BCUT2D eigenvalue weighted by molar-refractivity contribution is -0.117. The lowest BCUT2D eigenvalue weighted by Crippen LogP contribution is -2.47. The van der Waals surface area contributed by atoms with Crippen LogP contribution in [0.25, 0.3) is 0 Å². The van der Waals surface area contributed by atoms with Gasteiger partial charge in [0.25, 0.3) is 0 Å². The van der Waals surface area contributed by atoms with E-state index in [0.29, 0.717) is 5.02 Å². The van der Waals surface area contributed by atoms with Crippen LogP contribution in [-0.4, -0.2) is 49.2 Å². The second-order valence-electron chi connectivity index (χ2n) is 6.99. The molecule has 0 radical (unpaired) electrons. The predicted octanol–water partition coefficient (Wildman–Crippen LogP) is 3.62. The van der Waals surface area contributed by atoms with Crippen molar-refractivity contribution in [1.82, 2.24) is 4.90 Å². The largest absolute Gasteiger partial charge is 0.307 e. The number of amides is 1. The van der Waals surface area contributed by atoms with Crippen molar-refractivity contribution in [3.05, 3.63) is 64.7 Å². The van der Waals surface area contributed by atoms with Crippen LogP contribution < -0.4 is 4.90 Å². The monoisotopic (exact) mass is 367 g/mol. The smallest absolute Gasteiger partial charge is 0.248 e. The van der Waals surface area contributed by atoms with Crippen LogP contribution in [0.15, 0.2) is 53.5 Å². The summed E-state index contributed by atoms with van der Waals surface area (Å²) in [5, 5.41) is 0.657. The first kappa shape index (κ1) is 17.3. The quantitative estimate of drug-likeness (QED) is 0.812. The van der Waals surface area contributed by atoms with Crippen molar-refractivity contribution in [2.24, 2.45) is 4.99 Å². The summed E-state index contributed by atoms with van der Waals surface area (Å²) < 4.78 is 0. The second kappa shape index (κ2) is 7.22. The van der Waals surface area contributed by atoms with Crippen LogP contribution >= 0.6 is 11.6 Å². The van der Waals surface area contributed by atoms with Gasteiger partial charge in [0.15, 0.2) is 0 Å². The summed E-state index contributed by atoms with van der Waals surface area (Å²) in [6, 6.07) is 16.0. The highest BCUT2D eigenvalue weighted by Crippen LogP contribution is 2.33. The van der Waals surface area contributed by atoms with Gasteiger partial charge in [0.1, 0.15) is 6.54 Å². The van der Waals surface area contributed by atoms with Crippen molar-refractivity contribution in [2.45, 2.75) is 18.9 Å². The number of benzodiazepines with no additional fused rings is 1. The fraction of sp³-hybridized carbons (Fsp3) is 0.333. The number of fused-ring (bicyclic) bond motifs is 1. The second-order valence-corrected chi connectivity index (χ2v) is 7.43. The number of aliphatic imine (C=N–C) groups is 1. The number of carbonyl (C=O) groups is 1. The van der Waals surface area contributed by atoms with E-state index in [9.17, 15) is 4.79 Å². The Balaban J connectivity index is 1.80. The zero-order valence-corrected chi connectivity index (χ0v) is 15.6. The van der Waals surface area contributed by atoms with Crippen molar-refractivity contribution in [3.8, 4) is 0 Å². The maximum absolute atomic E-state index is 13.0. The molecule has 0 atom stereocenters. The molecule has 134 valence electrons. The Bertz CT molecular complexity index is 842. The fourth-order valence-corrected chi connectivity index (χ4v) is 4.02. The minimum Gasteiger partial charge on any atom is -0.307 e. The molecule has 1 saturated heterocycles. The van der Waals surface area contributed by atoms with Gasteiger partial charge in [-0.2, -0.15) is 0 Å². The summed E-state index contributed by atoms with van der Waals surface area (Å²) in [7, 11) is 2.13. The molecule has 4 rings (SSSR count). The Morgan fingerprint density at radius 1 is 1.08 bits per heavy atom. The molecule has 0 bridgehead atoms. The highest BCUT2D eigenvalue weighted by molar-refractivity contribution is 6.32. The number of hydrogen-bond donors (Lipinski definition) is 0. The molecule has 4 nitrogen and oxygen atoms in total. The first-order valence-corrected chi connectivity index (χ1v) is 9.41. The third kappa shape index (κ3) is 3.27. The van der Waals surface area contributed by atoms with Gasteiger partial charge in [-0.05, 0) is 51.2 Å².